The molecule has 2 heterocycles. The standard InChI is InChI=1S/C19H13ClF3N3O3/c20-16-10-12(7-8-24-16)11-26-9-1-2-15(18(26)28)17(27)25-13-3-5-14(6-4-13)29-19(21,22)23/h1-10H,11H2,(H,25,27). The minimum absolute atomic E-state index is 0.122. The second-order valence-electron chi connectivity index (χ2n) is 5.87. The molecule has 3 rings (SSSR count). The predicted octanol–water partition coefficient (Wildman–Crippen LogP) is 4.10. The van der Waals surface area contributed by atoms with E-state index in [-0.39, 0.29) is 22.9 Å². The topological polar surface area (TPSA) is 73.2 Å². The summed E-state index contributed by atoms with van der Waals surface area (Å²) in [6.45, 7) is 0.186. The molecular weight excluding hydrogens is 411 g/mol. The summed E-state index contributed by atoms with van der Waals surface area (Å²) in [7, 11) is 0. The Labute approximate surface area is 167 Å². The van der Waals surface area contributed by atoms with Gasteiger partial charge in [-0.1, -0.05) is 11.6 Å². The maximum Gasteiger partial charge on any atom is 0.573 e. The van der Waals surface area contributed by atoms with Crippen molar-refractivity contribution >= 4 is 23.2 Å². The highest BCUT2D eigenvalue weighted by Crippen LogP contribution is 2.24. The fourth-order valence-electron chi connectivity index (χ4n) is 2.51. The SMILES string of the molecule is O=C(Nc1ccc(OC(F)(F)F)cc1)c1cccn(Cc2ccnc(Cl)c2)c1=O. The van der Waals surface area contributed by atoms with Gasteiger partial charge in [-0.05, 0) is 54.1 Å². The first-order valence-corrected chi connectivity index (χ1v) is 8.56. The van der Waals surface area contributed by atoms with Crippen molar-refractivity contribution < 1.29 is 22.7 Å². The molecule has 3 aromatic rings. The smallest absolute Gasteiger partial charge is 0.406 e. The van der Waals surface area contributed by atoms with Crippen LogP contribution in [0.3, 0.4) is 0 Å². The number of nitrogens with one attached hydrogen (secondary N) is 1. The number of aromatic nitrogens is 2. The third-order valence-electron chi connectivity index (χ3n) is 3.75. The summed E-state index contributed by atoms with van der Waals surface area (Å²) in [5.41, 5.74) is 0.281. The molecule has 1 aromatic carbocycles. The molecule has 6 nitrogen and oxygen atoms in total. The maximum atomic E-state index is 12.6. The summed E-state index contributed by atoms with van der Waals surface area (Å²) in [4.78, 5) is 28.9. The quantitative estimate of drug-likeness (QED) is 0.627. The zero-order chi connectivity index (χ0) is 21.0. The van der Waals surface area contributed by atoms with Gasteiger partial charge in [-0.2, -0.15) is 0 Å². The summed E-state index contributed by atoms with van der Waals surface area (Å²) in [6.07, 6.45) is -1.78. The van der Waals surface area contributed by atoms with Crippen LogP contribution in [0, 0.1) is 0 Å². The van der Waals surface area contributed by atoms with Crippen LogP contribution in [0.1, 0.15) is 15.9 Å². The molecule has 0 radical (unpaired) electrons. The van der Waals surface area contributed by atoms with E-state index < -0.39 is 23.6 Å². The Hall–Kier alpha value is -3.33. The number of rotatable bonds is 5. The van der Waals surface area contributed by atoms with Crippen LogP contribution >= 0.6 is 11.6 Å². The Morgan fingerprint density at radius 3 is 2.55 bits per heavy atom. The minimum atomic E-state index is -4.81. The first kappa shape index (κ1) is 20.4. The third-order valence-corrected chi connectivity index (χ3v) is 3.96. The Balaban J connectivity index is 1.75. The van der Waals surface area contributed by atoms with E-state index in [0.29, 0.717) is 0 Å². The molecule has 0 saturated carbocycles. The van der Waals surface area contributed by atoms with Gasteiger partial charge in [0.05, 0.1) is 6.54 Å². The molecule has 0 saturated heterocycles. The molecule has 1 N–H and O–H groups in total. The lowest BCUT2D eigenvalue weighted by Gasteiger charge is -2.11. The highest BCUT2D eigenvalue weighted by atomic mass is 35.5. The van der Waals surface area contributed by atoms with E-state index in [0.717, 1.165) is 17.7 Å². The number of hydrogen-bond donors (Lipinski definition) is 1. The molecule has 29 heavy (non-hydrogen) atoms. The largest absolute Gasteiger partial charge is 0.573 e. The minimum Gasteiger partial charge on any atom is -0.406 e. The summed E-state index contributed by atoms with van der Waals surface area (Å²) in [5.74, 6) is -1.12. The normalized spacial score (nSPS) is 11.2. The van der Waals surface area contributed by atoms with Gasteiger partial charge in [-0.25, -0.2) is 4.98 Å². The lowest BCUT2D eigenvalue weighted by molar-refractivity contribution is -0.274. The zero-order valence-electron chi connectivity index (χ0n) is 14.6. The molecule has 0 fully saturated rings. The Kier molecular flexibility index (Phi) is 5.88. The van der Waals surface area contributed by atoms with Gasteiger partial charge >= 0.3 is 6.36 Å². The molecule has 0 atom stereocenters. The monoisotopic (exact) mass is 423 g/mol. The van der Waals surface area contributed by atoms with E-state index in [9.17, 15) is 22.8 Å². The van der Waals surface area contributed by atoms with Gasteiger partial charge < -0.3 is 14.6 Å². The van der Waals surface area contributed by atoms with Crippen molar-refractivity contribution in [2.75, 3.05) is 5.32 Å². The number of anilines is 1. The summed E-state index contributed by atoms with van der Waals surface area (Å²) in [5, 5.41) is 2.75. The Morgan fingerprint density at radius 1 is 1.17 bits per heavy atom. The number of benzene rings is 1. The molecule has 150 valence electrons. The highest BCUT2D eigenvalue weighted by molar-refractivity contribution is 6.29. The van der Waals surface area contributed by atoms with Gasteiger partial charge in [0, 0.05) is 18.1 Å². The predicted molar refractivity (Wildman–Crippen MR) is 100 cm³/mol. The van der Waals surface area contributed by atoms with E-state index >= 15 is 0 Å². The average molecular weight is 424 g/mol. The highest BCUT2D eigenvalue weighted by Gasteiger charge is 2.31. The van der Waals surface area contributed by atoms with Gasteiger partial charge in [-0.15, -0.1) is 13.2 Å². The van der Waals surface area contributed by atoms with Crippen molar-refractivity contribution in [2.24, 2.45) is 0 Å². The number of pyridine rings is 2. The van der Waals surface area contributed by atoms with Gasteiger partial charge in [-0.3, -0.25) is 9.59 Å². The summed E-state index contributed by atoms with van der Waals surface area (Å²) >= 11 is 5.84. The van der Waals surface area contributed by atoms with Gasteiger partial charge in [0.15, 0.2) is 0 Å². The number of halogens is 4. The third kappa shape index (κ3) is 5.58. The number of carbonyl (C=O) groups is 1. The van der Waals surface area contributed by atoms with Crippen molar-refractivity contribution in [3.8, 4) is 5.75 Å². The van der Waals surface area contributed by atoms with E-state index in [1.54, 1.807) is 18.2 Å². The fourth-order valence-corrected chi connectivity index (χ4v) is 2.71. The van der Waals surface area contributed by atoms with Crippen LogP contribution in [-0.4, -0.2) is 21.8 Å². The Bertz CT molecular complexity index is 1080. The van der Waals surface area contributed by atoms with E-state index in [4.69, 9.17) is 11.6 Å². The molecule has 10 heteroatoms. The summed E-state index contributed by atoms with van der Waals surface area (Å²) in [6, 6.07) is 10.8. The van der Waals surface area contributed by atoms with Crippen molar-refractivity contribution in [2.45, 2.75) is 12.9 Å². The number of amides is 1. The number of alkyl halides is 3. The van der Waals surface area contributed by atoms with Gasteiger partial charge in [0.1, 0.15) is 16.5 Å². The average Bonchev–Trinajstić information content (AvgIpc) is 2.64. The second-order valence-corrected chi connectivity index (χ2v) is 6.26. The van der Waals surface area contributed by atoms with Crippen LogP contribution in [0.15, 0.2) is 65.7 Å². The molecule has 0 aliphatic rings. The van der Waals surface area contributed by atoms with Crippen LogP contribution in [0.4, 0.5) is 18.9 Å². The van der Waals surface area contributed by atoms with Crippen LogP contribution in [-0.2, 0) is 6.54 Å². The lowest BCUT2D eigenvalue weighted by Crippen LogP contribution is -2.29. The van der Waals surface area contributed by atoms with Crippen LogP contribution in [0.5, 0.6) is 5.75 Å². The fraction of sp³-hybridized carbons (Fsp3) is 0.105. The first-order chi connectivity index (χ1) is 13.7. The van der Waals surface area contributed by atoms with Crippen molar-refractivity contribution in [1.82, 2.24) is 9.55 Å². The van der Waals surface area contributed by atoms with E-state index in [1.807, 2.05) is 0 Å². The molecule has 0 bridgehead atoms. The number of nitrogens with zero attached hydrogens (tertiary/aromatic N) is 2. The van der Waals surface area contributed by atoms with Crippen molar-refractivity contribution in [1.29, 1.82) is 0 Å². The molecule has 1 amide bonds. The van der Waals surface area contributed by atoms with Gasteiger partial charge in [0.2, 0.25) is 0 Å². The van der Waals surface area contributed by atoms with Gasteiger partial charge in [0.25, 0.3) is 11.5 Å². The number of carbonyl (C=O) groups excluding carboxylic acids is 1. The summed E-state index contributed by atoms with van der Waals surface area (Å²) < 4.78 is 41.7. The molecule has 2 aromatic heterocycles. The molecule has 0 aliphatic carbocycles. The molecule has 0 unspecified atom stereocenters. The van der Waals surface area contributed by atoms with E-state index in [2.05, 4.69) is 15.0 Å². The zero-order valence-corrected chi connectivity index (χ0v) is 15.4. The number of ether oxygens (including phenoxy) is 1. The van der Waals surface area contributed by atoms with E-state index in [1.165, 1.54) is 35.2 Å². The van der Waals surface area contributed by atoms with Crippen LogP contribution in [0.2, 0.25) is 5.15 Å². The van der Waals surface area contributed by atoms with Crippen molar-refractivity contribution in [3.63, 3.8) is 0 Å². The molecular formula is C19H13ClF3N3O3. The molecule has 0 spiro atoms. The lowest BCUT2D eigenvalue weighted by atomic mass is 10.2. The maximum absolute atomic E-state index is 12.6. The number of hydrogen-bond acceptors (Lipinski definition) is 4. The Morgan fingerprint density at radius 2 is 1.90 bits per heavy atom. The van der Waals surface area contributed by atoms with Crippen LogP contribution < -0.4 is 15.6 Å². The second kappa shape index (κ2) is 8.36. The van der Waals surface area contributed by atoms with Crippen molar-refractivity contribution in [3.05, 3.63) is 87.6 Å². The molecule has 0 aliphatic heterocycles. The first-order valence-electron chi connectivity index (χ1n) is 8.18. The van der Waals surface area contributed by atoms with Crippen LogP contribution in [0.25, 0.3) is 0 Å².